The van der Waals surface area contributed by atoms with Crippen molar-refractivity contribution in [1.29, 1.82) is 0 Å². The second-order valence-corrected chi connectivity index (χ2v) is 5.95. The lowest BCUT2D eigenvalue weighted by Crippen LogP contribution is -2.27. The average molecular weight is 286 g/mol. The molecule has 0 unspecified atom stereocenters. The van der Waals surface area contributed by atoms with Crippen molar-refractivity contribution in [2.24, 2.45) is 0 Å². The van der Waals surface area contributed by atoms with Crippen molar-refractivity contribution in [2.75, 3.05) is 18.8 Å². The Bertz CT molecular complexity index is 686. The molecule has 1 aromatic carbocycles. The van der Waals surface area contributed by atoms with E-state index in [9.17, 15) is 4.39 Å². The zero-order valence-corrected chi connectivity index (χ0v) is 11.9. The van der Waals surface area contributed by atoms with Gasteiger partial charge in [0.15, 0.2) is 0 Å². The molecule has 3 N–H and O–H groups in total. The van der Waals surface area contributed by atoms with Crippen molar-refractivity contribution in [2.45, 2.75) is 31.6 Å². The van der Waals surface area contributed by atoms with Crippen LogP contribution in [0.1, 0.15) is 35.7 Å². The van der Waals surface area contributed by atoms with Gasteiger partial charge in [0, 0.05) is 5.92 Å². The van der Waals surface area contributed by atoms with Crippen LogP contribution in [-0.2, 0) is 12.8 Å². The number of nitrogen functional groups attached to an aromatic ring is 1. The average Bonchev–Trinajstić information content (AvgIpc) is 2.85. The maximum absolute atomic E-state index is 13.4. The van der Waals surface area contributed by atoms with Gasteiger partial charge in [-0.3, -0.25) is 0 Å². The summed E-state index contributed by atoms with van der Waals surface area (Å²) < 4.78 is 15.3. The van der Waals surface area contributed by atoms with Crippen LogP contribution in [0.25, 0.3) is 5.69 Å². The Hall–Kier alpha value is -1.88. The molecule has 0 atom stereocenters. The summed E-state index contributed by atoms with van der Waals surface area (Å²) in [5.41, 5.74) is 11.3. The third-order valence-corrected chi connectivity index (χ3v) is 4.68. The lowest BCUT2D eigenvalue weighted by atomic mass is 9.93. The molecule has 0 amide bonds. The summed E-state index contributed by atoms with van der Waals surface area (Å²) in [4.78, 5) is 0. The standard InChI is InChI=1S/C16H19FN4/c17-12-2-4-13-11(9-12)1-3-14-15(18)16(20-21(13)14)10-5-7-19-8-6-10/h2,4,9-10,19H,1,3,5-8,18H2. The Morgan fingerprint density at radius 1 is 1.24 bits per heavy atom. The summed E-state index contributed by atoms with van der Waals surface area (Å²) in [6.45, 7) is 2.04. The quantitative estimate of drug-likeness (QED) is 0.844. The number of nitrogens with two attached hydrogens (primary N) is 1. The molecule has 1 fully saturated rings. The van der Waals surface area contributed by atoms with Crippen molar-refractivity contribution in [3.63, 3.8) is 0 Å². The van der Waals surface area contributed by atoms with E-state index >= 15 is 0 Å². The van der Waals surface area contributed by atoms with Gasteiger partial charge in [-0.15, -0.1) is 0 Å². The van der Waals surface area contributed by atoms with Gasteiger partial charge in [0.25, 0.3) is 0 Å². The van der Waals surface area contributed by atoms with Crippen LogP contribution in [0, 0.1) is 5.82 Å². The Kier molecular flexibility index (Phi) is 2.96. The van der Waals surface area contributed by atoms with Crippen LogP contribution in [0.2, 0.25) is 0 Å². The van der Waals surface area contributed by atoms with Crippen LogP contribution in [0.15, 0.2) is 18.2 Å². The number of fused-ring (bicyclic) bond motifs is 3. The number of hydrogen-bond donors (Lipinski definition) is 2. The Labute approximate surface area is 123 Å². The van der Waals surface area contributed by atoms with E-state index < -0.39 is 0 Å². The van der Waals surface area contributed by atoms with Gasteiger partial charge in [0.05, 0.1) is 22.8 Å². The molecule has 5 heteroatoms. The summed E-state index contributed by atoms with van der Waals surface area (Å²) in [7, 11) is 0. The van der Waals surface area contributed by atoms with E-state index in [2.05, 4.69) is 5.32 Å². The number of hydrogen-bond acceptors (Lipinski definition) is 3. The molecule has 2 aliphatic heterocycles. The number of benzene rings is 1. The van der Waals surface area contributed by atoms with Gasteiger partial charge in [0.1, 0.15) is 5.82 Å². The fraction of sp³-hybridized carbons (Fsp3) is 0.438. The first kappa shape index (κ1) is 12.8. The van der Waals surface area contributed by atoms with Gasteiger partial charge < -0.3 is 11.1 Å². The SMILES string of the molecule is Nc1c(C2CCNCC2)nn2c1CCc1cc(F)ccc1-2. The van der Waals surface area contributed by atoms with E-state index in [-0.39, 0.29) is 5.82 Å². The van der Waals surface area contributed by atoms with Crippen LogP contribution < -0.4 is 11.1 Å². The first-order chi connectivity index (χ1) is 10.2. The molecule has 0 saturated carbocycles. The fourth-order valence-corrected chi connectivity index (χ4v) is 3.53. The van der Waals surface area contributed by atoms with Gasteiger partial charge in [0.2, 0.25) is 0 Å². The molecule has 0 spiro atoms. The summed E-state index contributed by atoms with van der Waals surface area (Å²) in [5, 5.41) is 8.16. The van der Waals surface area contributed by atoms with Crippen LogP contribution in [0.3, 0.4) is 0 Å². The number of nitrogens with one attached hydrogen (secondary N) is 1. The molecule has 0 bridgehead atoms. The maximum Gasteiger partial charge on any atom is 0.123 e. The summed E-state index contributed by atoms with van der Waals surface area (Å²) in [5.74, 6) is 0.254. The normalized spacial score (nSPS) is 18.3. The van der Waals surface area contributed by atoms with Crippen molar-refractivity contribution in [3.8, 4) is 5.69 Å². The first-order valence-electron chi connectivity index (χ1n) is 7.61. The fourth-order valence-electron chi connectivity index (χ4n) is 3.53. The minimum Gasteiger partial charge on any atom is -0.396 e. The third-order valence-electron chi connectivity index (χ3n) is 4.68. The maximum atomic E-state index is 13.4. The molecule has 2 aromatic rings. The van der Waals surface area contributed by atoms with Crippen molar-refractivity contribution < 1.29 is 4.39 Å². The monoisotopic (exact) mass is 286 g/mol. The van der Waals surface area contributed by atoms with E-state index in [0.29, 0.717) is 5.92 Å². The number of halogens is 1. The molecule has 21 heavy (non-hydrogen) atoms. The molecule has 110 valence electrons. The predicted octanol–water partition coefficient (Wildman–Crippen LogP) is 2.16. The minimum atomic E-state index is -0.184. The highest BCUT2D eigenvalue weighted by atomic mass is 19.1. The lowest BCUT2D eigenvalue weighted by Gasteiger charge is -2.21. The molecule has 0 radical (unpaired) electrons. The van der Waals surface area contributed by atoms with Gasteiger partial charge in [-0.1, -0.05) is 0 Å². The van der Waals surface area contributed by atoms with Gasteiger partial charge in [-0.05, 0) is 62.5 Å². The summed E-state index contributed by atoms with van der Waals surface area (Å²) in [6, 6.07) is 4.92. The second kappa shape index (κ2) is 4.84. The Morgan fingerprint density at radius 2 is 2.05 bits per heavy atom. The largest absolute Gasteiger partial charge is 0.396 e. The van der Waals surface area contributed by atoms with Crippen LogP contribution >= 0.6 is 0 Å². The van der Waals surface area contributed by atoms with Crippen molar-refractivity contribution >= 4 is 5.69 Å². The zero-order chi connectivity index (χ0) is 14.4. The second-order valence-electron chi connectivity index (χ2n) is 5.95. The number of nitrogens with zero attached hydrogens (tertiary/aromatic N) is 2. The molecule has 3 heterocycles. The Balaban J connectivity index is 1.80. The molecular formula is C16H19FN4. The van der Waals surface area contributed by atoms with Crippen molar-refractivity contribution in [3.05, 3.63) is 41.0 Å². The third kappa shape index (κ3) is 2.03. The number of aromatic nitrogens is 2. The topological polar surface area (TPSA) is 55.9 Å². The van der Waals surface area contributed by atoms with Crippen LogP contribution in [-0.4, -0.2) is 22.9 Å². The van der Waals surface area contributed by atoms with E-state index in [0.717, 1.165) is 67.1 Å². The smallest absolute Gasteiger partial charge is 0.123 e. The van der Waals surface area contributed by atoms with Crippen LogP contribution in [0.5, 0.6) is 0 Å². The summed E-state index contributed by atoms with van der Waals surface area (Å²) in [6.07, 6.45) is 3.82. The van der Waals surface area contributed by atoms with E-state index in [4.69, 9.17) is 10.8 Å². The molecule has 4 rings (SSSR count). The van der Waals surface area contributed by atoms with E-state index in [1.807, 2.05) is 10.7 Å². The molecule has 1 saturated heterocycles. The highest BCUT2D eigenvalue weighted by molar-refractivity contribution is 5.57. The number of aryl methyl sites for hydroxylation is 1. The highest BCUT2D eigenvalue weighted by Gasteiger charge is 2.27. The number of anilines is 1. The number of rotatable bonds is 1. The molecule has 0 aliphatic carbocycles. The molecular weight excluding hydrogens is 267 g/mol. The molecule has 2 aliphatic rings. The van der Waals surface area contributed by atoms with Gasteiger partial charge in [-0.2, -0.15) is 5.10 Å². The predicted molar refractivity (Wildman–Crippen MR) is 80.2 cm³/mol. The summed E-state index contributed by atoms with van der Waals surface area (Å²) >= 11 is 0. The van der Waals surface area contributed by atoms with Gasteiger partial charge in [-0.25, -0.2) is 9.07 Å². The van der Waals surface area contributed by atoms with Gasteiger partial charge >= 0.3 is 0 Å². The van der Waals surface area contributed by atoms with E-state index in [1.54, 1.807) is 6.07 Å². The lowest BCUT2D eigenvalue weighted by molar-refractivity contribution is 0.452. The van der Waals surface area contributed by atoms with E-state index in [1.165, 1.54) is 6.07 Å². The minimum absolute atomic E-state index is 0.184. The molecule has 1 aromatic heterocycles. The zero-order valence-electron chi connectivity index (χ0n) is 11.9. The Morgan fingerprint density at radius 3 is 2.86 bits per heavy atom. The van der Waals surface area contributed by atoms with Crippen LogP contribution in [0.4, 0.5) is 10.1 Å². The highest BCUT2D eigenvalue weighted by Crippen LogP contribution is 2.35. The van der Waals surface area contributed by atoms with Crippen molar-refractivity contribution in [1.82, 2.24) is 15.1 Å². The number of piperidine rings is 1. The molecule has 4 nitrogen and oxygen atoms in total. The first-order valence-corrected chi connectivity index (χ1v) is 7.61.